The Bertz CT molecular complexity index is 1100. The third kappa shape index (κ3) is 2.83. The van der Waals surface area contributed by atoms with Crippen LogP contribution in [0.15, 0.2) is 29.3 Å². The van der Waals surface area contributed by atoms with Crippen LogP contribution in [0.1, 0.15) is 82.0 Å². The van der Waals surface area contributed by atoms with Crippen molar-refractivity contribution in [1.29, 1.82) is 0 Å². The van der Waals surface area contributed by atoms with Gasteiger partial charge < -0.3 is 0 Å². The number of hydrogen-bond acceptors (Lipinski definition) is 2. The van der Waals surface area contributed by atoms with Crippen molar-refractivity contribution >= 4 is 5.78 Å². The first-order chi connectivity index (χ1) is 14.0. The molecular formula is C26H31FN2O. The van der Waals surface area contributed by atoms with E-state index in [1.807, 2.05) is 6.07 Å². The maximum atomic E-state index is 14.1. The predicted molar refractivity (Wildman–Crippen MR) is 116 cm³/mol. The second-order valence-corrected chi connectivity index (χ2v) is 11.6. The molecule has 0 fully saturated rings. The molecule has 3 aliphatic rings. The Morgan fingerprint density at radius 1 is 1.20 bits per heavy atom. The number of Topliss-reactive ketones (excluding diaryl/α,β-unsaturated/α-hetero) is 1. The first-order valence-corrected chi connectivity index (χ1v) is 11.1. The SMILES string of the molecule is CC(C)(C)Cc1n[nH]c2c1[C@@]1(CCc3cc(F)ccc31)C1=C(C2)CC(C)(C)CC1=O. The van der Waals surface area contributed by atoms with Crippen LogP contribution < -0.4 is 0 Å². The summed E-state index contributed by atoms with van der Waals surface area (Å²) < 4.78 is 14.1. The van der Waals surface area contributed by atoms with Gasteiger partial charge >= 0.3 is 0 Å². The minimum atomic E-state index is -0.479. The summed E-state index contributed by atoms with van der Waals surface area (Å²) in [6.07, 6.45) is 4.74. The van der Waals surface area contributed by atoms with Crippen molar-refractivity contribution in [2.24, 2.45) is 10.8 Å². The minimum absolute atomic E-state index is 0.0207. The smallest absolute Gasteiger partial charge is 0.160 e. The maximum Gasteiger partial charge on any atom is 0.160 e. The number of aromatic amines is 1. The summed E-state index contributed by atoms with van der Waals surface area (Å²) in [5, 5.41) is 8.12. The number of aryl methyl sites for hydroxylation is 1. The quantitative estimate of drug-likeness (QED) is 0.669. The summed E-state index contributed by atoms with van der Waals surface area (Å²) in [7, 11) is 0. The van der Waals surface area contributed by atoms with Gasteiger partial charge in [-0.05, 0) is 59.8 Å². The zero-order valence-corrected chi connectivity index (χ0v) is 18.7. The molecule has 0 aliphatic heterocycles. The largest absolute Gasteiger partial charge is 0.294 e. The van der Waals surface area contributed by atoms with Crippen LogP contribution in [-0.4, -0.2) is 16.0 Å². The van der Waals surface area contributed by atoms with Crippen LogP contribution in [0.3, 0.4) is 0 Å². The molecule has 1 N–H and O–H groups in total. The monoisotopic (exact) mass is 406 g/mol. The van der Waals surface area contributed by atoms with E-state index >= 15 is 0 Å². The number of benzene rings is 1. The highest BCUT2D eigenvalue weighted by atomic mass is 19.1. The van der Waals surface area contributed by atoms with Crippen molar-refractivity contribution in [3.8, 4) is 0 Å². The maximum absolute atomic E-state index is 14.1. The molecule has 0 bridgehead atoms. The number of nitrogens with one attached hydrogen (secondary N) is 1. The number of rotatable bonds is 1. The van der Waals surface area contributed by atoms with Gasteiger partial charge in [0.15, 0.2) is 5.78 Å². The van der Waals surface area contributed by atoms with Crippen LogP contribution in [0.2, 0.25) is 0 Å². The third-order valence-corrected chi connectivity index (χ3v) is 7.12. The lowest BCUT2D eigenvalue weighted by Gasteiger charge is -2.44. The fraction of sp³-hybridized carbons (Fsp3) is 0.538. The van der Waals surface area contributed by atoms with E-state index in [0.717, 1.165) is 60.2 Å². The molecule has 0 saturated heterocycles. The molecule has 30 heavy (non-hydrogen) atoms. The molecule has 3 nitrogen and oxygen atoms in total. The molecule has 4 heteroatoms. The van der Waals surface area contributed by atoms with Gasteiger partial charge in [-0.25, -0.2) is 4.39 Å². The van der Waals surface area contributed by atoms with E-state index in [1.165, 1.54) is 11.1 Å². The molecule has 0 radical (unpaired) electrons. The number of allylic oxidation sites excluding steroid dienone is 2. The number of aromatic nitrogens is 2. The molecule has 0 unspecified atom stereocenters. The van der Waals surface area contributed by atoms with E-state index in [1.54, 1.807) is 12.1 Å². The molecular weight excluding hydrogens is 375 g/mol. The molecule has 0 amide bonds. The highest BCUT2D eigenvalue weighted by Crippen LogP contribution is 2.58. The van der Waals surface area contributed by atoms with Crippen molar-refractivity contribution in [3.63, 3.8) is 0 Å². The Balaban J connectivity index is 1.80. The lowest BCUT2D eigenvalue weighted by atomic mass is 9.57. The van der Waals surface area contributed by atoms with Crippen LogP contribution in [0, 0.1) is 16.6 Å². The third-order valence-electron chi connectivity index (χ3n) is 7.12. The molecule has 0 saturated carbocycles. The number of carbonyl (C=O) groups excluding carboxylic acids is 1. The summed E-state index contributed by atoms with van der Waals surface area (Å²) in [5.41, 5.74) is 7.41. The van der Waals surface area contributed by atoms with Gasteiger partial charge in [0.1, 0.15) is 5.82 Å². The van der Waals surface area contributed by atoms with Crippen LogP contribution in [0.5, 0.6) is 0 Å². The second kappa shape index (κ2) is 6.15. The number of fused-ring (bicyclic) bond motifs is 5. The average molecular weight is 407 g/mol. The number of nitrogens with zero attached hydrogens (tertiary/aromatic N) is 1. The van der Waals surface area contributed by atoms with Crippen molar-refractivity contribution < 1.29 is 9.18 Å². The Hall–Kier alpha value is -2.23. The van der Waals surface area contributed by atoms with E-state index in [-0.39, 0.29) is 22.4 Å². The first kappa shape index (κ1) is 19.7. The molecule has 158 valence electrons. The number of ketones is 1. The molecule has 1 aromatic carbocycles. The standard InChI is InChI=1S/C26H31FN2O/c1-24(2,3)13-20-23-19(28-29-20)11-16-12-25(4,5)14-21(30)22(16)26(23)9-8-15-10-17(27)6-7-18(15)26/h6-7,10H,8-9,11-14H2,1-5H3,(H,28,29)/t26-/m1/s1. The van der Waals surface area contributed by atoms with Crippen molar-refractivity contribution in [2.45, 2.75) is 78.6 Å². The Morgan fingerprint density at radius 2 is 1.97 bits per heavy atom. The number of hydrogen-bond donors (Lipinski definition) is 1. The first-order valence-electron chi connectivity index (χ1n) is 11.1. The summed E-state index contributed by atoms with van der Waals surface area (Å²) in [6, 6.07) is 5.15. The predicted octanol–water partition coefficient (Wildman–Crippen LogP) is 5.61. The van der Waals surface area contributed by atoms with Crippen LogP contribution in [0.25, 0.3) is 0 Å². The fourth-order valence-corrected chi connectivity index (χ4v) is 6.32. The fourth-order valence-electron chi connectivity index (χ4n) is 6.32. The highest BCUT2D eigenvalue weighted by Gasteiger charge is 2.54. The van der Waals surface area contributed by atoms with E-state index in [2.05, 4.69) is 39.7 Å². The average Bonchev–Trinajstić information content (AvgIpc) is 3.14. The molecule has 1 heterocycles. The van der Waals surface area contributed by atoms with Gasteiger partial charge in [0.2, 0.25) is 0 Å². The van der Waals surface area contributed by atoms with Crippen LogP contribution in [-0.2, 0) is 29.5 Å². The summed E-state index contributed by atoms with van der Waals surface area (Å²) in [4.78, 5) is 13.6. The van der Waals surface area contributed by atoms with Crippen LogP contribution >= 0.6 is 0 Å². The topological polar surface area (TPSA) is 45.8 Å². The summed E-state index contributed by atoms with van der Waals surface area (Å²) in [5.74, 6) is 0.0706. The van der Waals surface area contributed by atoms with Gasteiger partial charge in [-0.1, -0.05) is 46.3 Å². The van der Waals surface area contributed by atoms with Gasteiger partial charge in [0, 0.05) is 29.7 Å². The molecule has 1 atom stereocenters. The number of halogens is 1. The van der Waals surface area contributed by atoms with E-state index < -0.39 is 5.41 Å². The van der Waals surface area contributed by atoms with Gasteiger partial charge in [-0.2, -0.15) is 5.10 Å². The van der Waals surface area contributed by atoms with E-state index in [4.69, 9.17) is 5.10 Å². The van der Waals surface area contributed by atoms with Gasteiger partial charge in [-0.15, -0.1) is 0 Å². The summed E-state index contributed by atoms with van der Waals surface area (Å²) >= 11 is 0. The van der Waals surface area contributed by atoms with Gasteiger partial charge in [-0.3, -0.25) is 9.89 Å². The molecule has 1 aromatic heterocycles. The Morgan fingerprint density at radius 3 is 2.70 bits per heavy atom. The van der Waals surface area contributed by atoms with Crippen LogP contribution in [0.4, 0.5) is 4.39 Å². The van der Waals surface area contributed by atoms with E-state index in [0.29, 0.717) is 6.42 Å². The normalized spacial score (nSPS) is 24.8. The number of H-pyrrole nitrogens is 1. The zero-order valence-electron chi connectivity index (χ0n) is 18.7. The Labute approximate surface area is 178 Å². The van der Waals surface area contributed by atoms with Crippen molar-refractivity contribution in [2.75, 3.05) is 0 Å². The highest BCUT2D eigenvalue weighted by molar-refractivity contribution is 6.02. The Kier molecular flexibility index (Phi) is 4.04. The lowest BCUT2D eigenvalue weighted by Crippen LogP contribution is -2.42. The number of carbonyl (C=O) groups is 1. The minimum Gasteiger partial charge on any atom is -0.294 e. The lowest BCUT2D eigenvalue weighted by molar-refractivity contribution is -0.118. The van der Waals surface area contributed by atoms with Gasteiger partial charge in [0.05, 0.1) is 11.1 Å². The zero-order chi connectivity index (χ0) is 21.5. The molecule has 5 rings (SSSR count). The molecule has 1 spiro atoms. The second-order valence-electron chi connectivity index (χ2n) is 11.6. The van der Waals surface area contributed by atoms with E-state index in [9.17, 15) is 9.18 Å². The molecule has 2 aromatic rings. The van der Waals surface area contributed by atoms with Gasteiger partial charge in [0.25, 0.3) is 0 Å². The van der Waals surface area contributed by atoms with Crippen molar-refractivity contribution in [3.05, 3.63) is 63.2 Å². The summed E-state index contributed by atoms with van der Waals surface area (Å²) in [6.45, 7) is 11.0. The molecule has 3 aliphatic carbocycles. The van der Waals surface area contributed by atoms with Crippen molar-refractivity contribution in [1.82, 2.24) is 10.2 Å².